The molecular formula is C25H23N3O4S. The lowest BCUT2D eigenvalue weighted by Crippen LogP contribution is -2.13. The standard InChI is InChI=1S/C25H23N3O4S/c29-25(18-7-4-6-17(14-18)16-33(30,31)20-8-2-1-3-9-20)26-19-11-12-21-22(15-19)28-24(27-21)23-10-5-13-32-23/h1-4,6-9,11-12,14-15,23H,5,10,13,16H2,(H,26,29)(H,27,28). The molecule has 5 rings (SSSR count). The molecule has 0 radical (unpaired) electrons. The summed E-state index contributed by atoms with van der Waals surface area (Å²) in [7, 11) is -3.50. The van der Waals surface area contributed by atoms with Crippen molar-refractivity contribution in [1.82, 2.24) is 9.97 Å². The molecule has 7 nitrogen and oxygen atoms in total. The number of benzene rings is 3. The monoisotopic (exact) mass is 461 g/mol. The van der Waals surface area contributed by atoms with Gasteiger partial charge in [-0.3, -0.25) is 4.79 Å². The van der Waals surface area contributed by atoms with Crippen LogP contribution in [0.4, 0.5) is 5.69 Å². The molecule has 0 bridgehead atoms. The number of nitrogens with one attached hydrogen (secondary N) is 2. The number of hydrogen-bond donors (Lipinski definition) is 2. The number of aromatic nitrogens is 2. The summed E-state index contributed by atoms with van der Waals surface area (Å²) in [5.74, 6) is 0.315. The van der Waals surface area contributed by atoms with E-state index in [1.165, 1.54) is 0 Å². The van der Waals surface area contributed by atoms with Crippen LogP contribution in [0.5, 0.6) is 0 Å². The molecule has 1 unspecified atom stereocenters. The lowest BCUT2D eigenvalue weighted by atomic mass is 10.1. The van der Waals surface area contributed by atoms with E-state index in [1.54, 1.807) is 60.7 Å². The Labute approximate surface area is 191 Å². The average Bonchev–Trinajstić information content (AvgIpc) is 3.49. The number of carbonyl (C=O) groups is 1. The Kier molecular flexibility index (Phi) is 5.70. The third-order valence-corrected chi connectivity index (χ3v) is 7.34. The molecule has 1 saturated heterocycles. The number of aromatic amines is 1. The molecule has 1 amide bonds. The highest BCUT2D eigenvalue weighted by Crippen LogP contribution is 2.29. The minimum Gasteiger partial charge on any atom is -0.370 e. The van der Waals surface area contributed by atoms with Gasteiger partial charge in [-0.25, -0.2) is 13.4 Å². The minimum atomic E-state index is -3.50. The predicted molar refractivity (Wildman–Crippen MR) is 126 cm³/mol. The summed E-state index contributed by atoms with van der Waals surface area (Å²) in [6.45, 7) is 0.745. The molecule has 2 N–H and O–H groups in total. The van der Waals surface area contributed by atoms with Crippen LogP contribution in [0.3, 0.4) is 0 Å². The highest BCUT2D eigenvalue weighted by molar-refractivity contribution is 7.90. The number of fused-ring (bicyclic) bond motifs is 1. The normalized spacial score (nSPS) is 16.2. The second kappa shape index (κ2) is 8.80. The van der Waals surface area contributed by atoms with Gasteiger partial charge in [0.1, 0.15) is 11.9 Å². The summed E-state index contributed by atoms with van der Waals surface area (Å²) >= 11 is 0. The molecule has 0 aliphatic carbocycles. The van der Waals surface area contributed by atoms with Crippen molar-refractivity contribution in [3.8, 4) is 0 Å². The Morgan fingerprint density at radius 2 is 1.91 bits per heavy atom. The van der Waals surface area contributed by atoms with Crippen molar-refractivity contribution in [3.05, 3.63) is 89.7 Å². The summed E-state index contributed by atoms with van der Waals surface area (Å²) in [4.78, 5) is 21.0. The number of imidazole rings is 1. The number of amides is 1. The molecule has 33 heavy (non-hydrogen) atoms. The van der Waals surface area contributed by atoms with Crippen molar-refractivity contribution < 1.29 is 17.9 Å². The topological polar surface area (TPSA) is 101 Å². The van der Waals surface area contributed by atoms with Crippen LogP contribution in [0, 0.1) is 0 Å². The van der Waals surface area contributed by atoms with Gasteiger partial charge in [0.05, 0.1) is 21.7 Å². The smallest absolute Gasteiger partial charge is 0.255 e. The van der Waals surface area contributed by atoms with Crippen molar-refractivity contribution >= 4 is 32.5 Å². The molecule has 0 saturated carbocycles. The number of carbonyl (C=O) groups excluding carboxylic acids is 1. The molecule has 168 valence electrons. The lowest BCUT2D eigenvalue weighted by Gasteiger charge is -2.08. The number of nitrogens with zero attached hydrogens (tertiary/aromatic N) is 1. The zero-order valence-electron chi connectivity index (χ0n) is 17.8. The van der Waals surface area contributed by atoms with E-state index in [0.717, 1.165) is 36.3 Å². The molecule has 3 aromatic carbocycles. The third-order valence-electron chi connectivity index (χ3n) is 5.64. The quantitative estimate of drug-likeness (QED) is 0.436. The lowest BCUT2D eigenvalue weighted by molar-refractivity contribution is 0.102. The van der Waals surface area contributed by atoms with Gasteiger partial charge in [0, 0.05) is 17.9 Å². The Hall–Kier alpha value is -3.49. The molecule has 0 spiro atoms. The van der Waals surface area contributed by atoms with Gasteiger partial charge < -0.3 is 15.0 Å². The Morgan fingerprint density at radius 1 is 1.06 bits per heavy atom. The van der Waals surface area contributed by atoms with E-state index >= 15 is 0 Å². The van der Waals surface area contributed by atoms with E-state index in [4.69, 9.17) is 4.74 Å². The van der Waals surface area contributed by atoms with E-state index in [0.29, 0.717) is 16.8 Å². The second-order valence-electron chi connectivity index (χ2n) is 8.08. The molecule has 1 atom stereocenters. The molecular weight excluding hydrogens is 438 g/mol. The fourth-order valence-corrected chi connectivity index (χ4v) is 5.35. The van der Waals surface area contributed by atoms with Gasteiger partial charge in [-0.05, 0) is 60.9 Å². The van der Waals surface area contributed by atoms with E-state index in [9.17, 15) is 13.2 Å². The van der Waals surface area contributed by atoms with Crippen molar-refractivity contribution in [2.75, 3.05) is 11.9 Å². The van der Waals surface area contributed by atoms with Gasteiger partial charge >= 0.3 is 0 Å². The van der Waals surface area contributed by atoms with E-state index in [1.807, 2.05) is 12.1 Å². The summed E-state index contributed by atoms with van der Waals surface area (Å²) in [6.07, 6.45) is 1.96. The summed E-state index contributed by atoms with van der Waals surface area (Å²) in [5.41, 5.74) is 3.20. The van der Waals surface area contributed by atoms with Crippen LogP contribution in [-0.4, -0.2) is 30.9 Å². The minimum absolute atomic E-state index is 0.00894. The Balaban J connectivity index is 1.32. The van der Waals surface area contributed by atoms with Crippen molar-refractivity contribution in [2.24, 2.45) is 0 Å². The zero-order valence-corrected chi connectivity index (χ0v) is 18.6. The van der Waals surface area contributed by atoms with E-state index < -0.39 is 9.84 Å². The van der Waals surface area contributed by atoms with Crippen molar-refractivity contribution in [3.63, 3.8) is 0 Å². The van der Waals surface area contributed by atoms with Crippen molar-refractivity contribution in [1.29, 1.82) is 0 Å². The summed E-state index contributed by atoms with van der Waals surface area (Å²) in [5, 5.41) is 2.88. The fraction of sp³-hybridized carbons (Fsp3) is 0.200. The van der Waals surface area contributed by atoms with Crippen LogP contribution in [0.2, 0.25) is 0 Å². The van der Waals surface area contributed by atoms with Gasteiger partial charge in [-0.15, -0.1) is 0 Å². The zero-order chi connectivity index (χ0) is 22.8. The number of anilines is 1. The fourth-order valence-electron chi connectivity index (χ4n) is 3.99. The van der Waals surface area contributed by atoms with Crippen LogP contribution in [0.15, 0.2) is 77.7 Å². The molecule has 2 heterocycles. The highest BCUT2D eigenvalue weighted by atomic mass is 32.2. The molecule has 1 aliphatic heterocycles. The first-order valence-corrected chi connectivity index (χ1v) is 12.4. The first-order valence-electron chi connectivity index (χ1n) is 10.8. The number of sulfone groups is 1. The molecule has 1 aliphatic rings. The Bertz CT molecular complexity index is 1410. The van der Waals surface area contributed by atoms with Gasteiger partial charge in [-0.2, -0.15) is 0 Å². The number of hydrogen-bond acceptors (Lipinski definition) is 5. The maximum Gasteiger partial charge on any atom is 0.255 e. The average molecular weight is 462 g/mol. The van der Waals surface area contributed by atoms with Crippen LogP contribution >= 0.6 is 0 Å². The third kappa shape index (κ3) is 4.67. The summed E-state index contributed by atoms with van der Waals surface area (Å²) < 4.78 is 31.0. The van der Waals surface area contributed by atoms with E-state index in [2.05, 4.69) is 15.3 Å². The van der Waals surface area contributed by atoms with Crippen LogP contribution in [0.25, 0.3) is 11.0 Å². The predicted octanol–water partition coefficient (Wildman–Crippen LogP) is 4.64. The van der Waals surface area contributed by atoms with Gasteiger partial charge in [0.2, 0.25) is 0 Å². The number of H-pyrrole nitrogens is 1. The van der Waals surface area contributed by atoms with E-state index in [-0.39, 0.29) is 22.7 Å². The maximum atomic E-state index is 12.8. The number of rotatable bonds is 6. The van der Waals surface area contributed by atoms with Crippen LogP contribution < -0.4 is 5.32 Å². The van der Waals surface area contributed by atoms with Gasteiger partial charge in [0.15, 0.2) is 9.84 Å². The first-order chi connectivity index (χ1) is 16.0. The molecule has 4 aromatic rings. The van der Waals surface area contributed by atoms with Crippen LogP contribution in [0.1, 0.15) is 40.7 Å². The second-order valence-corrected chi connectivity index (χ2v) is 10.1. The molecule has 1 aromatic heterocycles. The molecule has 8 heteroatoms. The summed E-state index contributed by atoms with van der Waals surface area (Å²) in [6, 6.07) is 20.5. The van der Waals surface area contributed by atoms with Gasteiger partial charge in [0.25, 0.3) is 5.91 Å². The van der Waals surface area contributed by atoms with Gasteiger partial charge in [-0.1, -0.05) is 30.3 Å². The number of ether oxygens (including phenoxy) is 1. The Morgan fingerprint density at radius 3 is 2.70 bits per heavy atom. The highest BCUT2D eigenvalue weighted by Gasteiger charge is 2.21. The van der Waals surface area contributed by atoms with Crippen LogP contribution in [-0.2, 0) is 20.3 Å². The maximum absolute atomic E-state index is 12.8. The first kappa shape index (κ1) is 21.4. The SMILES string of the molecule is O=C(Nc1ccc2nc(C3CCCO3)[nH]c2c1)c1cccc(CS(=O)(=O)c2ccccc2)c1. The largest absolute Gasteiger partial charge is 0.370 e. The van der Waals surface area contributed by atoms with Crippen molar-refractivity contribution in [2.45, 2.75) is 29.6 Å². The molecule has 1 fully saturated rings.